The molecule has 38 heavy (non-hydrogen) atoms. The quantitative estimate of drug-likeness (QED) is 0.393. The molecule has 1 N–H and O–H groups in total. The number of carbonyl (C=O) groups excluding carboxylic acids is 1. The highest BCUT2D eigenvalue weighted by Crippen LogP contribution is 2.54. The first kappa shape index (κ1) is 22.6. The van der Waals surface area contributed by atoms with Crippen LogP contribution in [0.5, 0.6) is 0 Å². The van der Waals surface area contributed by atoms with Crippen LogP contribution in [0.25, 0.3) is 5.00 Å². The van der Waals surface area contributed by atoms with Gasteiger partial charge in [-0.05, 0) is 69.2 Å². The largest absolute Gasteiger partial charge is 0.345 e. The van der Waals surface area contributed by atoms with Crippen LogP contribution in [0.15, 0.2) is 53.7 Å². The lowest BCUT2D eigenvalue weighted by atomic mass is 9.97. The standard InChI is InChI=1S/C29H25ClN6OS/c1-16-34-35-27-29(11-12-29)32-24(18-6-2-3-7-20(18)30)23-19-14-17(15-21(19)38-26(23)36(16)27)25(37)33-28(9-10-28)22-8-4-5-13-31-22/h2-8,13,17H,9-12,14-15H2,1H3,(H,33,37)/t17-/m0/s1. The van der Waals surface area contributed by atoms with Gasteiger partial charge in [-0.1, -0.05) is 35.9 Å². The van der Waals surface area contributed by atoms with Gasteiger partial charge in [0.1, 0.15) is 16.4 Å². The smallest absolute Gasteiger partial charge is 0.224 e. The lowest BCUT2D eigenvalue weighted by molar-refractivity contribution is -0.125. The number of amides is 1. The minimum Gasteiger partial charge on any atom is -0.345 e. The minimum atomic E-state index is -0.363. The highest BCUT2D eigenvalue weighted by molar-refractivity contribution is 7.15. The van der Waals surface area contributed by atoms with Crippen molar-refractivity contribution >= 4 is 34.6 Å². The number of aliphatic imine (C=N–C) groups is 1. The number of pyridine rings is 1. The number of carbonyl (C=O) groups is 1. The van der Waals surface area contributed by atoms with E-state index in [0.29, 0.717) is 17.9 Å². The zero-order valence-corrected chi connectivity index (χ0v) is 22.4. The summed E-state index contributed by atoms with van der Waals surface area (Å²) < 4.78 is 2.20. The van der Waals surface area contributed by atoms with Gasteiger partial charge in [0, 0.05) is 33.1 Å². The molecule has 8 rings (SSSR count). The number of hydrogen-bond donors (Lipinski definition) is 1. The van der Waals surface area contributed by atoms with Crippen LogP contribution >= 0.6 is 22.9 Å². The molecule has 4 heterocycles. The van der Waals surface area contributed by atoms with Gasteiger partial charge in [0.05, 0.1) is 16.9 Å². The van der Waals surface area contributed by atoms with E-state index in [2.05, 4.69) is 25.1 Å². The Morgan fingerprint density at radius 2 is 1.89 bits per heavy atom. The van der Waals surface area contributed by atoms with Crippen LogP contribution in [-0.4, -0.2) is 31.4 Å². The van der Waals surface area contributed by atoms with Crippen molar-refractivity contribution in [1.82, 2.24) is 25.1 Å². The molecule has 0 radical (unpaired) electrons. The summed E-state index contributed by atoms with van der Waals surface area (Å²) in [4.78, 5) is 24.7. The summed E-state index contributed by atoms with van der Waals surface area (Å²) in [5.74, 6) is 1.77. The van der Waals surface area contributed by atoms with Crippen molar-refractivity contribution in [3.8, 4) is 5.00 Å². The molecule has 4 aliphatic rings. The highest BCUT2D eigenvalue weighted by Gasteiger charge is 2.53. The third kappa shape index (κ3) is 3.23. The van der Waals surface area contributed by atoms with Gasteiger partial charge in [0.2, 0.25) is 5.91 Å². The van der Waals surface area contributed by atoms with Crippen LogP contribution in [0.2, 0.25) is 5.02 Å². The van der Waals surface area contributed by atoms with E-state index < -0.39 is 0 Å². The van der Waals surface area contributed by atoms with Gasteiger partial charge in [-0.3, -0.25) is 19.3 Å². The predicted octanol–water partition coefficient (Wildman–Crippen LogP) is 5.05. The molecule has 7 nitrogen and oxygen atoms in total. The maximum absolute atomic E-state index is 13.6. The van der Waals surface area contributed by atoms with Gasteiger partial charge in [0.15, 0.2) is 5.82 Å². The van der Waals surface area contributed by atoms with Gasteiger partial charge in [-0.25, -0.2) is 0 Å². The Labute approximate surface area is 229 Å². The van der Waals surface area contributed by atoms with Crippen molar-refractivity contribution in [2.45, 2.75) is 56.5 Å². The SMILES string of the molecule is Cc1nnc2n1-c1sc3c(c1C(c1ccccc1Cl)=NC21CC1)C[C@H](C(=O)NC1(c2ccccn2)CC1)C3. The molecule has 9 heteroatoms. The second kappa shape index (κ2) is 7.83. The van der Waals surface area contributed by atoms with Gasteiger partial charge >= 0.3 is 0 Å². The van der Waals surface area contributed by atoms with E-state index in [1.807, 2.05) is 49.4 Å². The molecule has 3 aromatic heterocycles. The van der Waals surface area contributed by atoms with Crippen molar-refractivity contribution < 1.29 is 4.79 Å². The number of hydrogen-bond acceptors (Lipinski definition) is 6. The van der Waals surface area contributed by atoms with Crippen LogP contribution in [0.4, 0.5) is 0 Å². The normalized spacial score (nSPS) is 21.2. The van der Waals surface area contributed by atoms with Crippen LogP contribution < -0.4 is 5.32 Å². The van der Waals surface area contributed by atoms with E-state index >= 15 is 0 Å². The molecule has 2 saturated carbocycles. The van der Waals surface area contributed by atoms with Gasteiger partial charge < -0.3 is 5.32 Å². The molecular formula is C29H25ClN6OS. The Morgan fingerprint density at radius 3 is 2.63 bits per heavy atom. The predicted molar refractivity (Wildman–Crippen MR) is 146 cm³/mol. The number of rotatable bonds is 4. The fraction of sp³-hybridized carbons (Fsp3) is 0.345. The number of halogens is 1. The molecule has 0 unspecified atom stereocenters. The third-order valence-electron chi connectivity index (χ3n) is 8.45. The first-order chi connectivity index (χ1) is 18.5. The molecule has 0 bridgehead atoms. The Bertz CT molecular complexity index is 1660. The molecule has 0 saturated heterocycles. The summed E-state index contributed by atoms with van der Waals surface area (Å²) in [5, 5.41) is 14.2. The topological polar surface area (TPSA) is 85.1 Å². The second-order valence-electron chi connectivity index (χ2n) is 11.0. The maximum atomic E-state index is 13.6. The molecule has 1 aliphatic heterocycles. The molecule has 190 valence electrons. The van der Waals surface area contributed by atoms with Crippen molar-refractivity contribution in [1.29, 1.82) is 0 Å². The average Bonchev–Trinajstić information content (AvgIpc) is 3.76. The lowest BCUT2D eigenvalue weighted by Gasteiger charge is -2.20. The second-order valence-corrected chi connectivity index (χ2v) is 12.4. The summed E-state index contributed by atoms with van der Waals surface area (Å²) in [6, 6.07) is 13.8. The molecule has 1 amide bonds. The minimum absolute atomic E-state index is 0.106. The first-order valence-corrected chi connectivity index (χ1v) is 14.3. The Balaban J connectivity index is 1.21. The average molecular weight is 541 g/mol. The van der Waals surface area contributed by atoms with Crippen molar-refractivity contribution in [3.63, 3.8) is 0 Å². The fourth-order valence-electron chi connectivity index (χ4n) is 6.09. The molecule has 1 aromatic carbocycles. The van der Waals surface area contributed by atoms with E-state index in [0.717, 1.165) is 64.9 Å². The van der Waals surface area contributed by atoms with E-state index in [4.69, 9.17) is 16.6 Å². The van der Waals surface area contributed by atoms with E-state index in [1.54, 1.807) is 17.5 Å². The molecule has 1 spiro atoms. The molecule has 3 aliphatic carbocycles. The lowest BCUT2D eigenvalue weighted by Crippen LogP contribution is -2.39. The fourth-order valence-corrected chi connectivity index (χ4v) is 7.77. The number of nitrogens with one attached hydrogen (secondary N) is 1. The van der Waals surface area contributed by atoms with E-state index in [9.17, 15) is 4.79 Å². The van der Waals surface area contributed by atoms with Gasteiger partial charge in [-0.2, -0.15) is 0 Å². The van der Waals surface area contributed by atoms with Crippen LogP contribution in [0.1, 0.15) is 64.6 Å². The number of thiophene rings is 1. The number of aryl methyl sites for hydroxylation is 1. The van der Waals surface area contributed by atoms with Gasteiger partial charge in [0.25, 0.3) is 0 Å². The number of fused-ring (bicyclic) bond motifs is 6. The summed E-state index contributed by atoms with van der Waals surface area (Å²) in [6.45, 7) is 2.00. The van der Waals surface area contributed by atoms with Crippen molar-refractivity contribution in [2.75, 3.05) is 0 Å². The first-order valence-electron chi connectivity index (χ1n) is 13.1. The molecule has 4 aromatic rings. The van der Waals surface area contributed by atoms with Crippen LogP contribution in [0, 0.1) is 12.8 Å². The maximum Gasteiger partial charge on any atom is 0.224 e. The Morgan fingerprint density at radius 1 is 1.08 bits per heavy atom. The summed E-state index contributed by atoms with van der Waals surface area (Å²) in [7, 11) is 0. The van der Waals surface area contributed by atoms with Gasteiger partial charge in [-0.15, -0.1) is 21.5 Å². The number of nitrogens with zero attached hydrogens (tertiary/aromatic N) is 5. The molecule has 2 fully saturated rings. The summed E-state index contributed by atoms with van der Waals surface area (Å²) >= 11 is 8.51. The summed E-state index contributed by atoms with van der Waals surface area (Å²) in [5.41, 5.74) is 4.42. The van der Waals surface area contributed by atoms with Crippen LogP contribution in [0.3, 0.4) is 0 Å². The zero-order chi connectivity index (χ0) is 25.6. The number of benzene rings is 1. The van der Waals surface area contributed by atoms with Crippen molar-refractivity contribution in [3.05, 3.63) is 92.6 Å². The summed E-state index contributed by atoms with van der Waals surface area (Å²) in [6.07, 6.45) is 6.94. The number of aromatic nitrogens is 4. The highest BCUT2D eigenvalue weighted by atomic mass is 35.5. The third-order valence-corrected chi connectivity index (χ3v) is 10.0. The van der Waals surface area contributed by atoms with E-state index in [-0.39, 0.29) is 22.9 Å². The molecule has 1 atom stereocenters. The van der Waals surface area contributed by atoms with Crippen molar-refractivity contribution in [2.24, 2.45) is 10.9 Å². The molecular weight excluding hydrogens is 516 g/mol. The Kier molecular flexibility index (Phi) is 4.66. The zero-order valence-electron chi connectivity index (χ0n) is 20.9. The van der Waals surface area contributed by atoms with E-state index in [1.165, 1.54) is 10.4 Å². The van der Waals surface area contributed by atoms with Crippen LogP contribution in [-0.2, 0) is 28.7 Å². The monoisotopic (exact) mass is 540 g/mol. The Hall–Kier alpha value is -3.36.